The molecule has 4 nitrogen and oxygen atoms in total. The van der Waals surface area contributed by atoms with Crippen molar-refractivity contribution in [2.45, 2.75) is 39.5 Å². The number of benzene rings is 1. The molecule has 0 atom stereocenters. The molecule has 0 saturated carbocycles. The highest BCUT2D eigenvalue weighted by Crippen LogP contribution is 2.29. The number of carbonyl (C=O) groups excluding carboxylic acids is 1. The molecule has 1 heterocycles. The van der Waals surface area contributed by atoms with E-state index >= 15 is 0 Å². The number of anilines is 1. The quantitative estimate of drug-likeness (QED) is 0.876. The van der Waals surface area contributed by atoms with Crippen molar-refractivity contribution in [3.63, 3.8) is 0 Å². The zero-order chi connectivity index (χ0) is 15.2. The lowest BCUT2D eigenvalue weighted by atomic mass is 9.93. The van der Waals surface area contributed by atoms with Gasteiger partial charge < -0.3 is 15.4 Å². The van der Waals surface area contributed by atoms with E-state index in [1.165, 1.54) is 12.8 Å². The van der Waals surface area contributed by atoms with Crippen molar-refractivity contribution in [1.82, 2.24) is 5.32 Å². The van der Waals surface area contributed by atoms with Crippen molar-refractivity contribution in [2.75, 3.05) is 25.5 Å². The molecular formula is C17H26N2O2. The molecule has 1 aromatic carbocycles. The predicted octanol–water partition coefficient (Wildman–Crippen LogP) is 3.03. The van der Waals surface area contributed by atoms with E-state index < -0.39 is 0 Å². The summed E-state index contributed by atoms with van der Waals surface area (Å²) in [6, 6.07) is 3.93. The molecule has 0 spiro atoms. The van der Waals surface area contributed by atoms with Crippen LogP contribution in [0.5, 0.6) is 5.75 Å². The Bertz CT molecular complexity index is 494. The summed E-state index contributed by atoms with van der Waals surface area (Å²) in [6.07, 6.45) is 3.95. The summed E-state index contributed by atoms with van der Waals surface area (Å²) >= 11 is 0. The van der Waals surface area contributed by atoms with Crippen LogP contribution in [-0.4, -0.2) is 26.1 Å². The fraction of sp³-hybridized carbons (Fsp3) is 0.588. The van der Waals surface area contributed by atoms with E-state index in [4.69, 9.17) is 4.74 Å². The number of hydrogen-bond donors (Lipinski definition) is 2. The molecule has 1 fully saturated rings. The van der Waals surface area contributed by atoms with Crippen LogP contribution in [0.25, 0.3) is 0 Å². The third-order valence-electron chi connectivity index (χ3n) is 4.32. The number of carbonyl (C=O) groups is 1. The minimum atomic E-state index is 0.0996. The zero-order valence-electron chi connectivity index (χ0n) is 13.3. The Hall–Kier alpha value is -1.55. The molecule has 4 heteroatoms. The molecule has 0 aromatic heterocycles. The van der Waals surface area contributed by atoms with Crippen LogP contribution < -0.4 is 15.4 Å². The molecular weight excluding hydrogens is 264 g/mol. The van der Waals surface area contributed by atoms with E-state index in [2.05, 4.69) is 10.6 Å². The highest BCUT2D eigenvalue weighted by Gasteiger charge is 2.15. The van der Waals surface area contributed by atoms with Crippen LogP contribution in [0.3, 0.4) is 0 Å². The molecule has 1 saturated heterocycles. The summed E-state index contributed by atoms with van der Waals surface area (Å²) in [6.45, 7) is 6.16. The maximum Gasteiger partial charge on any atom is 0.224 e. The van der Waals surface area contributed by atoms with Gasteiger partial charge in [-0.2, -0.15) is 0 Å². The Morgan fingerprint density at radius 2 is 2.05 bits per heavy atom. The fourth-order valence-electron chi connectivity index (χ4n) is 2.99. The smallest absolute Gasteiger partial charge is 0.224 e. The highest BCUT2D eigenvalue weighted by atomic mass is 16.5. The van der Waals surface area contributed by atoms with Crippen molar-refractivity contribution in [1.29, 1.82) is 0 Å². The van der Waals surface area contributed by atoms with Crippen LogP contribution in [0.1, 0.15) is 36.8 Å². The number of piperidine rings is 1. The van der Waals surface area contributed by atoms with Crippen molar-refractivity contribution in [3.8, 4) is 5.75 Å². The van der Waals surface area contributed by atoms with Gasteiger partial charge in [-0.1, -0.05) is 6.07 Å². The second-order valence-electron chi connectivity index (χ2n) is 5.87. The topological polar surface area (TPSA) is 50.4 Å². The lowest BCUT2D eigenvalue weighted by Crippen LogP contribution is -2.28. The third kappa shape index (κ3) is 4.21. The SMILES string of the molecule is COc1c(C)ccc(NC(=O)CCC2CCNCC2)c1C. The van der Waals surface area contributed by atoms with E-state index in [1.54, 1.807) is 7.11 Å². The van der Waals surface area contributed by atoms with Gasteiger partial charge in [0.25, 0.3) is 0 Å². The first-order valence-corrected chi connectivity index (χ1v) is 7.76. The minimum absolute atomic E-state index is 0.0996. The van der Waals surface area contributed by atoms with Crippen molar-refractivity contribution < 1.29 is 9.53 Å². The van der Waals surface area contributed by atoms with Gasteiger partial charge in [-0.05, 0) is 63.7 Å². The summed E-state index contributed by atoms with van der Waals surface area (Å²) in [5, 5.41) is 6.37. The maximum atomic E-state index is 12.1. The number of hydrogen-bond acceptors (Lipinski definition) is 3. The number of nitrogens with one attached hydrogen (secondary N) is 2. The Labute approximate surface area is 127 Å². The molecule has 0 aliphatic carbocycles. The lowest BCUT2D eigenvalue weighted by Gasteiger charge is -2.22. The van der Waals surface area contributed by atoms with Gasteiger partial charge >= 0.3 is 0 Å². The summed E-state index contributed by atoms with van der Waals surface area (Å²) in [4.78, 5) is 12.1. The van der Waals surface area contributed by atoms with Gasteiger partial charge in [0, 0.05) is 17.7 Å². The van der Waals surface area contributed by atoms with Gasteiger partial charge in [-0.15, -0.1) is 0 Å². The van der Waals surface area contributed by atoms with Crippen LogP contribution in [0.15, 0.2) is 12.1 Å². The minimum Gasteiger partial charge on any atom is -0.496 e. The number of methoxy groups -OCH3 is 1. The monoisotopic (exact) mass is 290 g/mol. The van der Waals surface area contributed by atoms with E-state index in [0.717, 1.165) is 42.1 Å². The number of rotatable bonds is 5. The molecule has 0 bridgehead atoms. The number of ether oxygens (including phenoxy) is 1. The number of amides is 1. The Morgan fingerprint density at radius 3 is 2.71 bits per heavy atom. The standard InChI is InChI=1S/C17H26N2O2/c1-12-4-6-15(13(2)17(12)21-3)19-16(20)7-5-14-8-10-18-11-9-14/h4,6,14,18H,5,7-11H2,1-3H3,(H,19,20). The van der Waals surface area contributed by atoms with Gasteiger partial charge in [0.05, 0.1) is 7.11 Å². The first-order chi connectivity index (χ1) is 10.1. The molecule has 0 unspecified atom stereocenters. The predicted molar refractivity (Wildman–Crippen MR) is 85.9 cm³/mol. The third-order valence-corrected chi connectivity index (χ3v) is 4.32. The molecule has 21 heavy (non-hydrogen) atoms. The molecule has 1 aliphatic rings. The largest absolute Gasteiger partial charge is 0.496 e. The van der Waals surface area contributed by atoms with E-state index in [0.29, 0.717) is 12.3 Å². The molecule has 1 amide bonds. The first kappa shape index (κ1) is 15.8. The van der Waals surface area contributed by atoms with Crippen LogP contribution in [0, 0.1) is 19.8 Å². The van der Waals surface area contributed by atoms with Crippen LogP contribution in [0.4, 0.5) is 5.69 Å². The Morgan fingerprint density at radius 1 is 1.33 bits per heavy atom. The highest BCUT2D eigenvalue weighted by molar-refractivity contribution is 5.92. The van der Waals surface area contributed by atoms with E-state index in [1.807, 2.05) is 26.0 Å². The summed E-state index contributed by atoms with van der Waals surface area (Å²) < 4.78 is 5.39. The van der Waals surface area contributed by atoms with Gasteiger partial charge in [0.1, 0.15) is 5.75 Å². The molecule has 0 radical (unpaired) electrons. The summed E-state index contributed by atoms with van der Waals surface area (Å²) in [7, 11) is 1.66. The maximum absolute atomic E-state index is 12.1. The fourth-order valence-corrected chi connectivity index (χ4v) is 2.99. The summed E-state index contributed by atoms with van der Waals surface area (Å²) in [5.74, 6) is 1.64. The van der Waals surface area contributed by atoms with Crippen molar-refractivity contribution in [3.05, 3.63) is 23.3 Å². The van der Waals surface area contributed by atoms with Gasteiger partial charge in [0.2, 0.25) is 5.91 Å². The van der Waals surface area contributed by atoms with Gasteiger partial charge in [-0.25, -0.2) is 0 Å². The summed E-state index contributed by atoms with van der Waals surface area (Å²) in [5.41, 5.74) is 2.93. The van der Waals surface area contributed by atoms with Crippen molar-refractivity contribution in [2.24, 2.45) is 5.92 Å². The van der Waals surface area contributed by atoms with Crippen LogP contribution in [0.2, 0.25) is 0 Å². The van der Waals surface area contributed by atoms with Gasteiger partial charge in [0.15, 0.2) is 0 Å². The van der Waals surface area contributed by atoms with Crippen LogP contribution >= 0.6 is 0 Å². The van der Waals surface area contributed by atoms with Gasteiger partial charge in [-0.3, -0.25) is 4.79 Å². The normalized spacial score (nSPS) is 15.8. The van der Waals surface area contributed by atoms with E-state index in [-0.39, 0.29) is 5.91 Å². The number of aryl methyl sites for hydroxylation is 1. The second kappa shape index (κ2) is 7.46. The average molecular weight is 290 g/mol. The molecule has 2 rings (SSSR count). The van der Waals surface area contributed by atoms with Crippen molar-refractivity contribution >= 4 is 11.6 Å². The Balaban J connectivity index is 1.90. The second-order valence-corrected chi connectivity index (χ2v) is 5.87. The molecule has 1 aromatic rings. The molecule has 116 valence electrons. The van der Waals surface area contributed by atoms with E-state index in [9.17, 15) is 4.79 Å². The molecule has 2 N–H and O–H groups in total. The average Bonchev–Trinajstić information content (AvgIpc) is 2.50. The lowest BCUT2D eigenvalue weighted by molar-refractivity contribution is -0.116. The first-order valence-electron chi connectivity index (χ1n) is 7.76. The molecule has 1 aliphatic heterocycles. The Kier molecular flexibility index (Phi) is 5.62. The zero-order valence-corrected chi connectivity index (χ0v) is 13.3. The van der Waals surface area contributed by atoms with Crippen LogP contribution in [-0.2, 0) is 4.79 Å².